The molecule has 5 heteroatoms. The van der Waals surface area contributed by atoms with Crippen LogP contribution in [0.3, 0.4) is 0 Å². The zero-order valence-electron chi connectivity index (χ0n) is 9.49. The topological polar surface area (TPSA) is 57.6 Å². The fraction of sp³-hybridized carbons (Fsp3) is 0.818. The largest absolute Gasteiger partial charge is 0.479 e. The van der Waals surface area contributed by atoms with Gasteiger partial charge in [-0.3, -0.25) is 4.79 Å². The first-order chi connectivity index (χ1) is 7.26. The lowest BCUT2D eigenvalue weighted by Gasteiger charge is -2.18. The van der Waals surface area contributed by atoms with Gasteiger partial charge in [-0.1, -0.05) is 13.8 Å². The Hall–Kier alpha value is -1.13. The molecule has 0 radical (unpaired) electrons. The van der Waals surface area contributed by atoms with Gasteiger partial charge >= 0.3 is 5.97 Å². The van der Waals surface area contributed by atoms with Gasteiger partial charge in [0.2, 0.25) is 11.6 Å². The van der Waals surface area contributed by atoms with Crippen molar-refractivity contribution in [2.75, 3.05) is 13.1 Å². The number of carbonyl (C=O) groups is 2. The number of likely N-dealkylation sites (tertiary alicyclic amines) is 1. The Kier molecular flexibility index (Phi) is 2.26. The van der Waals surface area contributed by atoms with Gasteiger partial charge in [0, 0.05) is 18.9 Å². The average Bonchev–Trinajstić information content (AvgIpc) is 2.62. The summed E-state index contributed by atoms with van der Waals surface area (Å²) in [5.41, 5.74) is -2.24. The smallest absolute Gasteiger partial charge is 0.343 e. The third-order valence-corrected chi connectivity index (χ3v) is 3.73. The molecule has 0 spiro atoms. The van der Waals surface area contributed by atoms with E-state index in [1.807, 2.05) is 13.8 Å². The molecule has 1 heterocycles. The molecule has 1 N–H and O–H groups in total. The van der Waals surface area contributed by atoms with Crippen LogP contribution < -0.4 is 0 Å². The molecule has 1 saturated heterocycles. The lowest BCUT2D eigenvalue weighted by Crippen LogP contribution is -2.39. The number of hydrogen-bond acceptors (Lipinski definition) is 2. The Balaban J connectivity index is 2.00. The summed E-state index contributed by atoms with van der Waals surface area (Å²) in [5, 5.41) is 8.72. The maximum atomic E-state index is 13.7. The Morgan fingerprint density at radius 2 is 2.00 bits per heavy atom. The highest BCUT2D eigenvalue weighted by Gasteiger charge is 2.55. The van der Waals surface area contributed by atoms with Crippen LogP contribution in [0.5, 0.6) is 0 Å². The number of carboxylic acid groups (broad SMARTS) is 1. The van der Waals surface area contributed by atoms with Gasteiger partial charge < -0.3 is 10.0 Å². The first kappa shape index (κ1) is 11.4. The molecule has 1 saturated carbocycles. The van der Waals surface area contributed by atoms with Gasteiger partial charge in [0.05, 0.1) is 6.54 Å². The van der Waals surface area contributed by atoms with E-state index >= 15 is 0 Å². The summed E-state index contributed by atoms with van der Waals surface area (Å²) in [4.78, 5) is 23.9. The number of aliphatic carboxylic acids is 1. The Labute approximate surface area is 93.4 Å². The van der Waals surface area contributed by atoms with E-state index in [4.69, 9.17) is 5.11 Å². The zero-order valence-corrected chi connectivity index (χ0v) is 9.49. The third-order valence-electron chi connectivity index (χ3n) is 3.73. The highest BCUT2D eigenvalue weighted by molar-refractivity contribution is 5.85. The molecular formula is C11H16FNO3. The SMILES string of the molecule is CC1(C)CC1C(=O)N1CCC(F)(C(=O)O)C1. The minimum atomic E-state index is -2.24. The minimum Gasteiger partial charge on any atom is -0.479 e. The van der Waals surface area contributed by atoms with E-state index in [0.717, 1.165) is 6.42 Å². The first-order valence-electron chi connectivity index (χ1n) is 5.47. The molecular weight excluding hydrogens is 213 g/mol. The molecule has 2 fully saturated rings. The molecule has 0 aromatic rings. The molecule has 1 aliphatic carbocycles. The molecule has 1 amide bonds. The average molecular weight is 229 g/mol. The molecule has 0 aromatic heterocycles. The van der Waals surface area contributed by atoms with Crippen LogP contribution in [0.15, 0.2) is 0 Å². The summed E-state index contributed by atoms with van der Waals surface area (Å²) in [5.74, 6) is -1.60. The van der Waals surface area contributed by atoms with Crippen molar-refractivity contribution >= 4 is 11.9 Å². The summed E-state index contributed by atoms with van der Waals surface area (Å²) < 4.78 is 13.7. The van der Waals surface area contributed by atoms with E-state index in [-0.39, 0.29) is 36.8 Å². The summed E-state index contributed by atoms with van der Waals surface area (Å²) in [6.07, 6.45) is 0.718. The second-order valence-electron chi connectivity index (χ2n) is 5.53. The Bertz CT molecular complexity index is 355. The van der Waals surface area contributed by atoms with E-state index in [9.17, 15) is 14.0 Å². The molecule has 16 heavy (non-hydrogen) atoms. The normalized spacial score (nSPS) is 36.2. The van der Waals surface area contributed by atoms with Crippen LogP contribution in [0, 0.1) is 11.3 Å². The number of alkyl halides is 1. The second kappa shape index (κ2) is 3.18. The van der Waals surface area contributed by atoms with E-state index in [2.05, 4.69) is 0 Å². The monoisotopic (exact) mass is 229 g/mol. The lowest BCUT2D eigenvalue weighted by atomic mass is 10.1. The van der Waals surface area contributed by atoms with Crippen LogP contribution in [-0.2, 0) is 9.59 Å². The number of halogens is 1. The fourth-order valence-electron chi connectivity index (χ4n) is 2.24. The quantitative estimate of drug-likeness (QED) is 0.770. The van der Waals surface area contributed by atoms with Crippen molar-refractivity contribution in [1.29, 1.82) is 0 Å². The van der Waals surface area contributed by atoms with Gasteiger partial charge in [0.15, 0.2) is 0 Å². The van der Waals surface area contributed by atoms with Crippen LogP contribution in [0.1, 0.15) is 26.7 Å². The maximum Gasteiger partial charge on any atom is 0.343 e. The van der Waals surface area contributed by atoms with E-state index in [1.165, 1.54) is 4.90 Å². The second-order valence-corrected chi connectivity index (χ2v) is 5.53. The number of carboxylic acids is 1. The summed E-state index contributed by atoms with van der Waals surface area (Å²) in [6, 6.07) is 0. The predicted octanol–water partition coefficient (Wildman–Crippen LogP) is 1.06. The fourth-order valence-corrected chi connectivity index (χ4v) is 2.24. The van der Waals surface area contributed by atoms with E-state index in [1.54, 1.807) is 0 Å². The Morgan fingerprint density at radius 3 is 2.38 bits per heavy atom. The minimum absolute atomic E-state index is 0.00185. The lowest BCUT2D eigenvalue weighted by molar-refractivity contribution is -0.150. The van der Waals surface area contributed by atoms with Crippen molar-refractivity contribution in [3.8, 4) is 0 Å². The van der Waals surface area contributed by atoms with Crippen molar-refractivity contribution in [3.05, 3.63) is 0 Å². The third kappa shape index (κ3) is 1.68. The van der Waals surface area contributed by atoms with Gasteiger partial charge in [-0.05, 0) is 11.8 Å². The van der Waals surface area contributed by atoms with Gasteiger partial charge in [-0.15, -0.1) is 0 Å². The molecule has 2 rings (SSSR count). The number of hydrogen-bond donors (Lipinski definition) is 1. The highest BCUT2D eigenvalue weighted by atomic mass is 19.1. The Morgan fingerprint density at radius 1 is 1.44 bits per heavy atom. The molecule has 2 unspecified atom stereocenters. The molecule has 90 valence electrons. The van der Waals surface area contributed by atoms with Crippen LogP contribution >= 0.6 is 0 Å². The van der Waals surface area contributed by atoms with Gasteiger partial charge in [-0.25, -0.2) is 9.18 Å². The number of nitrogens with zero attached hydrogens (tertiary/aromatic N) is 1. The standard InChI is InChI=1S/C11H16FNO3/c1-10(2)5-7(10)8(14)13-4-3-11(12,6-13)9(15)16/h7H,3-6H2,1-2H3,(H,15,16). The molecule has 2 aliphatic rings. The number of carbonyl (C=O) groups excluding carboxylic acids is 1. The van der Waals surface area contributed by atoms with Crippen LogP contribution in [0.2, 0.25) is 0 Å². The summed E-state index contributed by atoms with van der Waals surface area (Å²) >= 11 is 0. The number of amides is 1. The van der Waals surface area contributed by atoms with Crippen molar-refractivity contribution in [2.24, 2.45) is 11.3 Å². The zero-order chi connectivity index (χ0) is 12.1. The van der Waals surface area contributed by atoms with Gasteiger partial charge in [-0.2, -0.15) is 0 Å². The maximum absolute atomic E-state index is 13.7. The van der Waals surface area contributed by atoms with Crippen LogP contribution in [-0.4, -0.2) is 40.6 Å². The number of rotatable bonds is 2. The summed E-state index contributed by atoms with van der Waals surface area (Å²) in [6.45, 7) is 3.90. The molecule has 2 atom stereocenters. The van der Waals surface area contributed by atoms with Crippen molar-refractivity contribution in [3.63, 3.8) is 0 Å². The van der Waals surface area contributed by atoms with E-state index in [0.29, 0.717) is 0 Å². The molecule has 4 nitrogen and oxygen atoms in total. The van der Waals surface area contributed by atoms with E-state index < -0.39 is 11.6 Å². The molecule has 1 aliphatic heterocycles. The first-order valence-corrected chi connectivity index (χ1v) is 5.47. The van der Waals surface area contributed by atoms with Crippen LogP contribution in [0.4, 0.5) is 4.39 Å². The molecule has 0 bridgehead atoms. The van der Waals surface area contributed by atoms with Crippen molar-refractivity contribution < 1.29 is 19.1 Å². The predicted molar refractivity (Wildman–Crippen MR) is 54.6 cm³/mol. The molecule has 0 aromatic carbocycles. The van der Waals surface area contributed by atoms with Crippen molar-refractivity contribution in [1.82, 2.24) is 4.90 Å². The van der Waals surface area contributed by atoms with Crippen LogP contribution in [0.25, 0.3) is 0 Å². The highest BCUT2D eigenvalue weighted by Crippen LogP contribution is 2.52. The van der Waals surface area contributed by atoms with Gasteiger partial charge in [0.25, 0.3) is 0 Å². The van der Waals surface area contributed by atoms with Crippen molar-refractivity contribution in [2.45, 2.75) is 32.4 Å². The summed E-state index contributed by atoms with van der Waals surface area (Å²) in [7, 11) is 0. The van der Waals surface area contributed by atoms with Gasteiger partial charge in [0.1, 0.15) is 0 Å².